The molecule has 0 aliphatic carbocycles. The second kappa shape index (κ2) is 23.0. The summed E-state index contributed by atoms with van der Waals surface area (Å²) in [5, 5.41) is -0.450. The van der Waals surface area contributed by atoms with Crippen molar-refractivity contribution in [2.45, 2.75) is 26.2 Å². The number of aromatic nitrogens is 1. The van der Waals surface area contributed by atoms with E-state index in [1.54, 1.807) is 0 Å². The van der Waals surface area contributed by atoms with Crippen molar-refractivity contribution in [3.63, 3.8) is 0 Å². The third-order valence-electron chi connectivity index (χ3n) is 20.6. The number of para-hydroxylation sites is 4. The molecule has 20 rings (SSSR count). The Morgan fingerprint density at radius 2 is 0.743 bits per heavy atom. The van der Waals surface area contributed by atoms with E-state index in [1.807, 2.05) is 115 Å². The van der Waals surface area contributed by atoms with Gasteiger partial charge in [-0.2, -0.15) is 0 Å². The van der Waals surface area contributed by atoms with Gasteiger partial charge in [0.1, 0.15) is 23.0 Å². The molecule has 16 aromatic rings. The van der Waals surface area contributed by atoms with E-state index in [0.717, 1.165) is 100 Å². The monoisotopic (exact) mass is 1300 g/mol. The molecule has 0 bridgehead atoms. The first-order valence-electron chi connectivity index (χ1n) is 39.7. The summed E-state index contributed by atoms with van der Waals surface area (Å²) in [6.45, 7) is 4.90. The molecule has 0 amide bonds. The highest BCUT2D eigenvalue weighted by Crippen LogP contribution is 2.56. The van der Waals surface area contributed by atoms with Crippen molar-refractivity contribution in [1.29, 1.82) is 0 Å². The molecule has 4 aliphatic heterocycles. The van der Waals surface area contributed by atoms with Crippen LogP contribution in [0, 0.1) is 0 Å². The Bertz CT molecular complexity index is 6500. The second-order valence-electron chi connectivity index (χ2n) is 27.3. The molecule has 1 aromatic heterocycles. The van der Waals surface area contributed by atoms with E-state index >= 15 is 0 Å². The van der Waals surface area contributed by atoms with Crippen LogP contribution < -0.4 is 52.1 Å². The zero-order valence-corrected chi connectivity index (χ0v) is 55.3. The number of fused-ring (bicyclic) bond motifs is 12. The molecule has 0 N–H and O–H groups in total. The summed E-state index contributed by atoms with van der Waals surface area (Å²) in [7, 11) is 0. The van der Waals surface area contributed by atoms with Crippen LogP contribution in [0.2, 0.25) is 0 Å². The molecule has 0 fully saturated rings. The van der Waals surface area contributed by atoms with Crippen LogP contribution in [0.15, 0.2) is 339 Å². The van der Waals surface area contributed by atoms with E-state index in [0.29, 0.717) is 51.0 Å². The number of nitrogens with zero attached hydrogens (tertiary/aromatic N) is 3. The average molecular weight is 1300 g/mol. The number of hydrogen-bond donors (Lipinski definition) is 0. The fraction of sp³-hybridized carbons (Fsp3) is 0.0426. The van der Waals surface area contributed by atoms with Crippen LogP contribution in [0.5, 0.6) is 23.0 Å². The lowest BCUT2D eigenvalue weighted by Gasteiger charge is -2.47. The number of ether oxygens (including phenoxy) is 2. The molecule has 0 radical (unpaired) electrons. The highest BCUT2D eigenvalue weighted by Gasteiger charge is 2.51. The van der Waals surface area contributed by atoms with Gasteiger partial charge in [0, 0.05) is 73.0 Å². The first-order chi connectivity index (χ1) is 54.4. The van der Waals surface area contributed by atoms with Crippen molar-refractivity contribution >= 4 is 102 Å². The van der Waals surface area contributed by atoms with E-state index < -0.39 is 73.2 Å². The third-order valence-corrected chi connectivity index (χ3v) is 20.6. The highest BCUT2D eigenvalue weighted by atomic mass is 16.5. The largest absolute Gasteiger partial charge is 0.459 e. The molecular formula is C94H65B2N3O2. The van der Waals surface area contributed by atoms with E-state index in [4.69, 9.17) is 12.2 Å². The molecule has 0 unspecified atom stereocenters. The quantitative estimate of drug-likeness (QED) is 0.135. The predicted octanol–water partition coefficient (Wildman–Crippen LogP) is 20.9. The van der Waals surface area contributed by atoms with Gasteiger partial charge in [0.15, 0.2) is 0 Å². The summed E-state index contributed by atoms with van der Waals surface area (Å²) in [6.07, 6.45) is 0. The standard InChI is InChI=1S/C94H65B2N3O2/c1-94(2,3)68-56-82-88-83(57-68)99(92-72(64-36-18-8-19-37-64)44-27-45-73(92)65-38-20-9-21-39-65)84-59-87-90-93(101-86-55-67(61-30-12-5-13-31-61)49-52-78(86)95(90)77-51-48-66(54-85(77)100-87)60-28-10-4-11-29-60)89(84)96(88)76-53-50-69(97-79-46-24-22-40-74(79)75-41-23-25-47-80(75)97)58-81(76)98(82)91-70(62-32-14-6-15-33-62)42-26-43-71(91)63-34-16-7-17-35-63/h4-59H,1-3H3/i22D,23D,24D,25D,40D,41D,46D,47D,50D,53D,58D. The van der Waals surface area contributed by atoms with Gasteiger partial charge in [-0.05, 0) is 131 Å². The Hall–Kier alpha value is -12.6. The molecule has 474 valence electrons. The maximum Gasteiger partial charge on any atom is 0.260 e. The Morgan fingerprint density at radius 3 is 1.20 bits per heavy atom. The van der Waals surface area contributed by atoms with Gasteiger partial charge in [0.2, 0.25) is 0 Å². The summed E-state index contributed by atoms with van der Waals surface area (Å²) in [5.74, 6) is 2.21. The molecule has 0 saturated heterocycles. The van der Waals surface area contributed by atoms with Crippen molar-refractivity contribution in [3.05, 3.63) is 345 Å². The summed E-state index contributed by atoms with van der Waals surface area (Å²) >= 11 is 0. The van der Waals surface area contributed by atoms with E-state index in [1.165, 1.54) is 4.57 Å². The van der Waals surface area contributed by atoms with Crippen LogP contribution in [-0.2, 0) is 5.41 Å². The van der Waals surface area contributed by atoms with Crippen molar-refractivity contribution < 1.29 is 24.6 Å². The summed E-state index contributed by atoms with van der Waals surface area (Å²) in [6, 6.07) is 87.1. The molecule has 4 aliphatic rings. The second-order valence-corrected chi connectivity index (χ2v) is 27.3. The number of benzene rings is 15. The zero-order valence-electron chi connectivity index (χ0n) is 66.3. The molecule has 7 heteroatoms. The smallest absolute Gasteiger partial charge is 0.260 e. The van der Waals surface area contributed by atoms with Gasteiger partial charge in [-0.15, -0.1) is 0 Å². The fourth-order valence-corrected chi connectivity index (χ4v) is 16.0. The van der Waals surface area contributed by atoms with Gasteiger partial charge in [-0.3, -0.25) is 0 Å². The van der Waals surface area contributed by atoms with E-state index in [2.05, 4.69) is 188 Å². The van der Waals surface area contributed by atoms with Crippen molar-refractivity contribution in [1.82, 2.24) is 4.57 Å². The van der Waals surface area contributed by atoms with E-state index in [-0.39, 0.29) is 50.7 Å². The number of anilines is 6. The van der Waals surface area contributed by atoms with Gasteiger partial charge in [-0.25, -0.2) is 0 Å². The number of hydrogen-bond acceptors (Lipinski definition) is 4. The molecule has 0 saturated carbocycles. The summed E-state index contributed by atoms with van der Waals surface area (Å²) in [4.78, 5) is 4.47. The van der Waals surface area contributed by atoms with Gasteiger partial charge in [0.25, 0.3) is 13.4 Å². The van der Waals surface area contributed by atoms with Crippen LogP contribution in [0.25, 0.3) is 94.3 Å². The van der Waals surface area contributed by atoms with Gasteiger partial charge < -0.3 is 23.8 Å². The highest BCUT2D eigenvalue weighted by molar-refractivity contribution is 7.03. The maximum absolute atomic E-state index is 11.8. The summed E-state index contributed by atoms with van der Waals surface area (Å²) in [5.41, 5.74) is 17.6. The van der Waals surface area contributed by atoms with Gasteiger partial charge >= 0.3 is 0 Å². The van der Waals surface area contributed by atoms with Crippen LogP contribution in [0.1, 0.15) is 41.4 Å². The molecule has 5 nitrogen and oxygen atoms in total. The minimum atomic E-state index is -1.12. The predicted molar refractivity (Wildman–Crippen MR) is 424 cm³/mol. The van der Waals surface area contributed by atoms with Crippen LogP contribution in [0.3, 0.4) is 0 Å². The van der Waals surface area contributed by atoms with Gasteiger partial charge in [-0.1, -0.05) is 306 Å². The minimum Gasteiger partial charge on any atom is -0.459 e. The Labute approximate surface area is 604 Å². The molecule has 15 aromatic carbocycles. The van der Waals surface area contributed by atoms with Crippen molar-refractivity contribution in [2.24, 2.45) is 0 Å². The van der Waals surface area contributed by atoms with Crippen molar-refractivity contribution in [2.75, 3.05) is 9.80 Å². The first-order valence-corrected chi connectivity index (χ1v) is 34.2. The topological polar surface area (TPSA) is 29.9 Å². The Balaban J connectivity index is 1.01. The van der Waals surface area contributed by atoms with Gasteiger partial charge in [0.05, 0.1) is 37.5 Å². The lowest BCUT2D eigenvalue weighted by molar-refractivity contribution is 0.467. The maximum atomic E-state index is 11.8. The minimum absolute atomic E-state index is 0.135. The average Bonchev–Trinajstić information content (AvgIpc) is 1.28. The number of rotatable bonds is 9. The molecule has 0 atom stereocenters. The fourth-order valence-electron chi connectivity index (χ4n) is 16.0. The third kappa shape index (κ3) is 9.27. The SMILES string of the molecule is [2H]c1c([2H])c(-n2c3c([2H])c([2H])c([2H])c([2H])c3c3c([2H])c([2H])c([2H])c([2H])c32)c([2H])c2c1B1c3c(cc(C(C)(C)C)cc3N2c2c(-c3ccccc3)cccc2-c2ccccc2)N(c2c(-c3ccccc3)cccc2-c2ccccc2)c2cc3c4c(c21)Oc1cc(-c2ccccc2)ccc1B4c1ccc(-c2ccccc2)cc1O3. The lowest BCUT2D eigenvalue weighted by Crippen LogP contribution is -2.65. The van der Waals surface area contributed by atoms with Crippen LogP contribution in [-0.4, -0.2) is 18.0 Å². The Morgan fingerprint density at radius 1 is 0.327 bits per heavy atom. The zero-order chi connectivity index (χ0) is 76.6. The van der Waals surface area contributed by atoms with E-state index in [9.17, 15) is 12.3 Å². The lowest BCUT2D eigenvalue weighted by atomic mass is 9.30. The molecule has 5 heterocycles. The molecular weight excluding hydrogens is 1220 g/mol. The normalized spacial score (nSPS) is 14.5. The molecule has 101 heavy (non-hydrogen) atoms. The van der Waals surface area contributed by atoms with Crippen LogP contribution >= 0.6 is 0 Å². The first kappa shape index (κ1) is 48.2. The summed E-state index contributed by atoms with van der Waals surface area (Å²) < 4.78 is 127. The van der Waals surface area contributed by atoms with Crippen LogP contribution in [0.4, 0.5) is 34.1 Å². The Kier molecular flexibility index (Phi) is 11.0. The van der Waals surface area contributed by atoms with Crippen molar-refractivity contribution in [3.8, 4) is 95.4 Å². The molecule has 0 spiro atoms.